The lowest BCUT2D eigenvalue weighted by molar-refractivity contribution is 0.882. The molecule has 0 saturated heterocycles. The van der Waals surface area contributed by atoms with E-state index in [9.17, 15) is 0 Å². The summed E-state index contributed by atoms with van der Waals surface area (Å²) in [4.78, 5) is 4.69. The maximum atomic E-state index is 6.36. The first-order chi connectivity index (χ1) is 9.99. The highest BCUT2D eigenvalue weighted by molar-refractivity contribution is 6.35. The summed E-state index contributed by atoms with van der Waals surface area (Å²) < 4.78 is 2.00. The molecule has 3 rings (SSSR count). The molecule has 0 radical (unpaired) electrons. The number of fused-ring (bicyclic) bond motifs is 1. The molecule has 21 heavy (non-hydrogen) atoms. The monoisotopic (exact) mass is 338 g/mol. The van der Waals surface area contributed by atoms with Crippen molar-refractivity contribution in [3.63, 3.8) is 0 Å². The Labute approximate surface area is 138 Å². The van der Waals surface area contributed by atoms with Crippen LogP contribution in [0.2, 0.25) is 10.0 Å². The van der Waals surface area contributed by atoms with E-state index in [1.54, 1.807) is 6.07 Å². The molecule has 0 saturated carbocycles. The highest BCUT2D eigenvalue weighted by Gasteiger charge is 2.18. The van der Waals surface area contributed by atoms with E-state index in [4.69, 9.17) is 39.8 Å². The summed E-state index contributed by atoms with van der Waals surface area (Å²) in [6.07, 6.45) is 0. The van der Waals surface area contributed by atoms with Crippen LogP contribution in [0, 0.1) is 6.92 Å². The van der Waals surface area contributed by atoms with Crippen LogP contribution in [0.1, 0.15) is 23.7 Å². The number of benzene rings is 2. The Kier molecular flexibility index (Phi) is 3.87. The first-order valence-electron chi connectivity index (χ1n) is 6.56. The van der Waals surface area contributed by atoms with E-state index in [2.05, 4.69) is 0 Å². The third-order valence-corrected chi connectivity index (χ3v) is 4.15. The third kappa shape index (κ3) is 2.52. The second-order valence-corrected chi connectivity index (χ2v) is 6.46. The Morgan fingerprint density at radius 1 is 1.14 bits per heavy atom. The zero-order valence-corrected chi connectivity index (χ0v) is 13.8. The summed E-state index contributed by atoms with van der Waals surface area (Å²) >= 11 is 18.7. The zero-order valence-electron chi connectivity index (χ0n) is 11.6. The molecule has 1 heterocycles. The van der Waals surface area contributed by atoms with E-state index in [0.717, 1.165) is 28.1 Å². The van der Waals surface area contributed by atoms with Gasteiger partial charge in [0.25, 0.3) is 0 Å². The molecular formula is C16H13Cl3N2. The second kappa shape index (κ2) is 5.53. The van der Waals surface area contributed by atoms with Crippen LogP contribution in [0.4, 0.5) is 0 Å². The summed E-state index contributed by atoms with van der Waals surface area (Å²) in [6.45, 7) is 3.93. The van der Waals surface area contributed by atoms with Crippen molar-refractivity contribution in [2.45, 2.75) is 19.2 Å². The number of aromatic nitrogens is 2. The van der Waals surface area contributed by atoms with Crippen molar-refractivity contribution < 1.29 is 0 Å². The lowest BCUT2D eigenvalue weighted by Gasteiger charge is -2.12. The van der Waals surface area contributed by atoms with Gasteiger partial charge in [-0.05, 0) is 43.7 Å². The summed E-state index contributed by atoms with van der Waals surface area (Å²) in [5.74, 6) is 0.769. The average Bonchev–Trinajstić information content (AvgIpc) is 2.80. The highest BCUT2D eigenvalue weighted by Crippen LogP contribution is 2.33. The largest absolute Gasteiger partial charge is 0.294 e. The molecule has 5 heteroatoms. The van der Waals surface area contributed by atoms with Gasteiger partial charge in [-0.15, -0.1) is 11.6 Å². The average molecular weight is 340 g/mol. The molecular weight excluding hydrogens is 327 g/mol. The molecule has 108 valence electrons. The van der Waals surface area contributed by atoms with Gasteiger partial charge >= 0.3 is 0 Å². The van der Waals surface area contributed by atoms with E-state index < -0.39 is 0 Å². The summed E-state index contributed by atoms with van der Waals surface area (Å²) in [7, 11) is 0. The van der Waals surface area contributed by atoms with Crippen molar-refractivity contribution in [3.8, 4) is 5.69 Å². The van der Waals surface area contributed by atoms with Crippen molar-refractivity contribution >= 4 is 45.8 Å². The summed E-state index contributed by atoms with van der Waals surface area (Å²) in [5.41, 5.74) is 3.86. The lowest BCUT2D eigenvalue weighted by Crippen LogP contribution is -2.02. The fourth-order valence-corrected chi connectivity index (χ4v) is 3.08. The number of hydrogen-bond acceptors (Lipinski definition) is 1. The van der Waals surface area contributed by atoms with E-state index in [0.29, 0.717) is 10.0 Å². The zero-order chi connectivity index (χ0) is 15.1. The van der Waals surface area contributed by atoms with Gasteiger partial charge in [-0.2, -0.15) is 0 Å². The third-order valence-electron chi connectivity index (χ3n) is 3.42. The summed E-state index contributed by atoms with van der Waals surface area (Å²) in [5, 5.41) is 0.940. The Hall–Kier alpha value is -1.22. The Morgan fingerprint density at radius 3 is 2.57 bits per heavy atom. The number of hydrogen-bond donors (Lipinski definition) is 0. The molecule has 0 N–H and O–H groups in total. The predicted octanol–water partition coefficient (Wildman–Crippen LogP) is 5.94. The second-order valence-electron chi connectivity index (χ2n) is 4.96. The van der Waals surface area contributed by atoms with E-state index in [1.807, 2.05) is 48.7 Å². The molecule has 0 bridgehead atoms. The van der Waals surface area contributed by atoms with Crippen molar-refractivity contribution in [2.75, 3.05) is 0 Å². The number of para-hydroxylation sites is 1. The molecule has 1 aromatic heterocycles. The van der Waals surface area contributed by atoms with Crippen molar-refractivity contribution in [2.24, 2.45) is 0 Å². The van der Waals surface area contributed by atoms with E-state index in [-0.39, 0.29) is 5.38 Å². The van der Waals surface area contributed by atoms with Crippen LogP contribution < -0.4 is 0 Å². The lowest BCUT2D eigenvalue weighted by atomic mass is 10.2. The van der Waals surface area contributed by atoms with E-state index in [1.165, 1.54) is 0 Å². The molecule has 0 fully saturated rings. The SMILES string of the molecule is Cc1cccc2c1nc(C(C)Cl)n2-c1ccc(Cl)cc1Cl. The number of halogens is 3. The maximum absolute atomic E-state index is 6.36. The van der Waals surface area contributed by atoms with Gasteiger partial charge in [0.15, 0.2) is 0 Å². The first kappa shape index (κ1) is 14.7. The quantitative estimate of drug-likeness (QED) is 0.528. The molecule has 2 nitrogen and oxygen atoms in total. The molecule has 0 amide bonds. The van der Waals surface area contributed by atoms with Crippen LogP contribution in [-0.4, -0.2) is 9.55 Å². The minimum absolute atomic E-state index is 0.233. The van der Waals surface area contributed by atoms with Crippen LogP contribution in [0.25, 0.3) is 16.7 Å². The van der Waals surface area contributed by atoms with Crippen LogP contribution in [-0.2, 0) is 0 Å². The number of aryl methyl sites for hydroxylation is 1. The van der Waals surface area contributed by atoms with Crippen LogP contribution >= 0.6 is 34.8 Å². The number of imidazole rings is 1. The Balaban J connectivity index is 2.39. The molecule has 0 aliphatic carbocycles. The Bertz CT molecular complexity index is 822. The van der Waals surface area contributed by atoms with Crippen molar-refractivity contribution in [3.05, 3.63) is 57.8 Å². The number of alkyl halides is 1. The van der Waals surface area contributed by atoms with Gasteiger partial charge in [0.2, 0.25) is 0 Å². The topological polar surface area (TPSA) is 17.8 Å². The van der Waals surface area contributed by atoms with Gasteiger partial charge in [-0.3, -0.25) is 4.57 Å². The molecule has 0 aliphatic rings. The number of rotatable bonds is 2. The van der Waals surface area contributed by atoms with Gasteiger partial charge in [-0.25, -0.2) is 4.98 Å². The normalized spacial score (nSPS) is 12.8. The van der Waals surface area contributed by atoms with Crippen LogP contribution in [0.5, 0.6) is 0 Å². The fourth-order valence-electron chi connectivity index (χ4n) is 2.44. The smallest absolute Gasteiger partial charge is 0.132 e. The van der Waals surface area contributed by atoms with Crippen molar-refractivity contribution in [1.82, 2.24) is 9.55 Å². The molecule has 1 atom stereocenters. The predicted molar refractivity (Wildman–Crippen MR) is 90.1 cm³/mol. The van der Waals surface area contributed by atoms with E-state index >= 15 is 0 Å². The van der Waals surface area contributed by atoms with Crippen LogP contribution in [0.15, 0.2) is 36.4 Å². The maximum Gasteiger partial charge on any atom is 0.132 e. The minimum atomic E-state index is -0.233. The van der Waals surface area contributed by atoms with Crippen molar-refractivity contribution in [1.29, 1.82) is 0 Å². The van der Waals surface area contributed by atoms with Gasteiger partial charge in [0, 0.05) is 5.02 Å². The molecule has 2 aromatic carbocycles. The van der Waals surface area contributed by atoms with Gasteiger partial charge < -0.3 is 0 Å². The van der Waals surface area contributed by atoms with Gasteiger partial charge in [0.05, 0.1) is 27.1 Å². The Morgan fingerprint density at radius 2 is 1.90 bits per heavy atom. The van der Waals surface area contributed by atoms with Gasteiger partial charge in [0.1, 0.15) is 5.82 Å². The fraction of sp³-hybridized carbons (Fsp3) is 0.188. The first-order valence-corrected chi connectivity index (χ1v) is 7.75. The molecule has 1 unspecified atom stereocenters. The minimum Gasteiger partial charge on any atom is -0.294 e. The van der Waals surface area contributed by atoms with Crippen LogP contribution in [0.3, 0.4) is 0 Å². The van der Waals surface area contributed by atoms with Gasteiger partial charge in [-0.1, -0.05) is 35.3 Å². The molecule has 0 aliphatic heterocycles. The molecule has 3 aromatic rings. The standard InChI is InChI=1S/C16H13Cl3N2/c1-9-4-3-5-14-15(9)20-16(10(2)17)21(14)13-7-6-11(18)8-12(13)19/h3-8,10H,1-2H3. The summed E-state index contributed by atoms with van der Waals surface area (Å²) in [6, 6.07) is 11.5. The highest BCUT2D eigenvalue weighted by atomic mass is 35.5. The molecule has 0 spiro atoms. The number of nitrogens with zero attached hydrogens (tertiary/aromatic N) is 2.